The number of aliphatic hydroxyl groups is 8. The second kappa shape index (κ2) is 41.7. The number of nitrogens with one attached hydrogen (secondary N) is 11. The van der Waals surface area contributed by atoms with Crippen LogP contribution in [0.3, 0.4) is 0 Å². The Labute approximate surface area is 781 Å². The van der Waals surface area contributed by atoms with Crippen LogP contribution in [-0.2, 0) is 77.1 Å². The molecule has 10 amide bonds. The van der Waals surface area contributed by atoms with Crippen LogP contribution in [0.15, 0.2) is 111 Å². The van der Waals surface area contributed by atoms with Crippen LogP contribution in [0, 0.1) is 0 Å². The first-order valence-electron chi connectivity index (χ1n) is 41.9. The summed E-state index contributed by atoms with van der Waals surface area (Å²) < 4.78 is 35.5. The molecule has 44 nitrogen and oxygen atoms in total. The summed E-state index contributed by atoms with van der Waals surface area (Å²) in [5.41, 5.74) is -12.6. The van der Waals surface area contributed by atoms with Gasteiger partial charge in [0, 0.05) is 40.3 Å². The average molecular weight is 1940 g/mol. The minimum absolute atomic E-state index is 0.00266. The number of esters is 2. The van der Waals surface area contributed by atoms with E-state index < -0.39 is 269 Å². The number of aliphatic imine (C=N–C) groups is 2. The fourth-order valence-electron chi connectivity index (χ4n) is 16.0. The van der Waals surface area contributed by atoms with Gasteiger partial charge in [0.25, 0.3) is 41.4 Å². The number of pyridine rings is 1. The number of carbonyl (C=O) groups excluding carboxylic acids is 12. The highest BCUT2D eigenvalue weighted by atomic mass is 32.2. The van der Waals surface area contributed by atoms with Gasteiger partial charge in [0.2, 0.25) is 23.4 Å². The number of ether oxygens (including phenoxy) is 6. The van der Waals surface area contributed by atoms with Crippen LogP contribution in [0.1, 0.15) is 194 Å². The number of thioether (sulfide) groups is 2. The lowest BCUT2D eigenvalue weighted by atomic mass is 9.76. The normalized spacial score (nSPS) is 31.5. The van der Waals surface area contributed by atoms with Crippen molar-refractivity contribution < 1.29 is 127 Å². The number of carbonyl (C=O) groups is 12. The molecule has 0 spiro atoms. The Morgan fingerprint density at radius 3 is 2.07 bits per heavy atom. The Morgan fingerprint density at radius 2 is 1.41 bits per heavy atom. The highest BCUT2D eigenvalue weighted by Gasteiger charge is 2.65. The van der Waals surface area contributed by atoms with Crippen molar-refractivity contribution in [2.45, 2.75) is 239 Å². The monoisotopic (exact) mass is 1940 g/mol. The molecule has 0 saturated carbocycles. The molecule has 133 heavy (non-hydrogen) atoms. The van der Waals surface area contributed by atoms with Crippen LogP contribution in [-0.4, -0.2) is 282 Å². The number of thiazole rings is 3. The minimum atomic E-state index is -2.73. The molecule has 1 aliphatic carbocycles. The summed E-state index contributed by atoms with van der Waals surface area (Å²) in [5, 5.41) is 125. The highest BCUT2D eigenvalue weighted by molar-refractivity contribution is 8.14. The van der Waals surface area contributed by atoms with Gasteiger partial charge in [-0.3, -0.25) is 58.3 Å². The lowest BCUT2D eigenvalue weighted by Crippen LogP contribution is -2.69. The van der Waals surface area contributed by atoms with Crippen LogP contribution < -0.4 is 58.5 Å². The molecule has 16 unspecified atom stereocenters. The lowest BCUT2D eigenvalue weighted by Gasteiger charge is -2.53. The molecule has 716 valence electrons. The number of rotatable bonds is 15. The number of piperidine rings is 1. The summed E-state index contributed by atoms with van der Waals surface area (Å²) in [7, 11) is 1.00. The summed E-state index contributed by atoms with van der Waals surface area (Å²) in [5.74, 6) is -13.9. The number of methoxy groups -OCH3 is 1. The number of aromatic nitrogens is 4. The lowest BCUT2D eigenvalue weighted by molar-refractivity contribution is -0.310. The standard InChI is InChI=1S/C84H104N18O26S5/c1-17-44-74-94-49(27-130-74)71(116)99-63(82(14,122)18-2)77-95-48(28-132-77)69(114)98-58-39(11)127-79(120)46-23-43(36(8)104)42-19-20-45(62(109)59(42)91-46)90-57(38(10)124-55-25-53(61(108)41(13)126-55)128-54-24-52(106)60(107)40(12)125-54)73(118)87-32(4)66(111)85-31(3)65(110)86-34(6)68(113)100-83(81-96-50(29-133-81)70(115)97-56(37(9)105)72(117)92-44)22-21-51-75(129-16)101-84(30-103,102(51)64(83)47-26-131-76(58)93-47)80(121)89-33(5)67(112)88-35(7)78(119)123-15/h17,19-20,23,26,28-29,36-41,45,49,51-58,60-64,90,103-109,122H,3-7,18,21-22,24-25,27,30H2,1-2,8-16H3,(H,85,111)(H,86,110)(H,87,118)(H,88,112)(H,89,121)(H,92,117)(H,97,115)(H,98,114)(H,99,116)(H,100,113)/b44-17-/t36?,37?,38?,39?,40-,41-,45?,49?,51?,52-,53-,54+,55-,56?,57?,58?,60-,61-,62?,63?,64?,82?,83?,84?/m1/s1. The molecule has 13 bridgehead atoms. The van der Waals surface area contributed by atoms with Crippen molar-refractivity contribution in [1.29, 1.82) is 0 Å². The van der Waals surface area contributed by atoms with Gasteiger partial charge in [0.15, 0.2) is 12.6 Å². The third-order valence-corrected chi connectivity index (χ3v) is 28.3. The molecule has 3 saturated heterocycles. The number of aliphatic hydroxyl groups excluding tert-OH is 7. The molecule has 24 atom stereocenters. The topological polar surface area (TPSA) is 634 Å². The summed E-state index contributed by atoms with van der Waals surface area (Å²) in [4.78, 5) is 208. The van der Waals surface area contributed by atoms with Crippen molar-refractivity contribution in [3.8, 4) is 0 Å². The zero-order valence-corrected chi connectivity index (χ0v) is 77.8. The average Bonchev–Trinajstić information content (AvgIpc) is 1.57. The number of allylic oxidation sites excluding steroid dienone is 1. The Balaban J connectivity index is 1.03. The quantitative estimate of drug-likeness (QED) is 0.0522. The molecule has 8 aliphatic rings. The molecule has 49 heteroatoms. The molecule has 3 fully saturated rings. The van der Waals surface area contributed by atoms with Crippen LogP contribution >= 0.6 is 57.5 Å². The van der Waals surface area contributed by atoms with Gasteiger partial charge in [0.1, 0.15) is 103 Å². The smallest absolute Gasteiger partial charge is 0.357 e. The summed E-state index contributed by atoms with van der Waals surface area (Å²) >= 11 is 4.33. The molecule has 0 aromatic carbocycles. The van der Waals surface area contributed by atoms with E-state index in [1.807, 2.05) is 0 Å². The van der Waals surface area contributed by atoms with Crippen LogP contribution in [0.5, 0.6) is 0 Å². The molecular formula is C84H104N18O26S5. The van der Waals surface area contributed by atoms with E-state index in [4.69, 9.17) is 43.4 Å². The summed E-state index contributed by atoms with van der Waals surface area (Å²) in [6.45, 7) is 30.1. The number of amides is 10. The van der Waals surface area contributed by atoms with Crippen molar-refractivity contribution in [1.82, 2.24) is 83.3 Å². The van der Waals surface area contributed by atoms with Gasteiger partial charge in [-0.2, -0.15) is 0 Å². The van der Waals surface area contributed by atoms with E-state index in [0.29, 0.717) is 11.3 Å². The number of nitrogens with zero attached hydrogens (tertiary/aromatic N) is 7. The van der Waals surface area contributed by atoms with Crippen molar-refractivity contribution >= 4 is 145 Å². The Hall–Kier alpha value is -10.7. The predicted octanol–water partition coefficient (Wildman–Crippen LogP) is -0.587. The molecule has 7 aliphatic heterocycles. The number of fused-ring (bicyclic) bond motifs is 8. The fraction of sp³-hybridized carbons (Fsp3) is 0.500. The fourth-order valence-corrected chi connectivity index (χ4v) is 20.8. The second-order valence-corrected chi connectivity index (χ2v) is 37.3. The molecule has 0 radical (unpaired) electrons. The first kappa shape index (κ1) is 101. The van der Waals surface area contributed by atoms with Crippen molar-refractivity contribution in [3.05, 3.63) is 156 Å². The van der Waals surface area contributed by atoms with Gasteiger partial charge in [0.05, 0.1) is 125 Å². The van der Waals surface area contributed by atoms with Gasteiger partial charge in [-0.1, -0.05) is 58.0 Å². The third-order valence-electron chi connectivity index (χ3n) is 23.6. The van der Waals surface area contributed by atoms with E-state index in [1.165, 1.54) is 93.8 Å². The molecule has 12 rings (SSSR count). The predicted molar refractivity (Wildman–Crippen MR) is 479 cm³/mol. The van der Waals surface area contributed by atoms with E-state index >= 15 is 28.8 Å². The van der Waals surface area contributed by atoms with Gasteiger partial charge < -0.3 is 122 Å². The first-order valence-corrected chi connectivity index (χ1v) is 46.7. The maximum Gasteiger partial charge on any atom is 0.357 e. The largest absolute Gasteiger partial charge is 0.464 e. The molecule has 4 aromatic rings. The second-order valence-electron chi connectivity index (χ2n) is 32.8. The Kier molecular flexibility index (Phi) is 31.7. The van der Waals surface area contributed by atoms with E-state index in [-0.39, 0.29) is 90.5 Å². The van der Waals surface area contributed by atoms with Gasteiger partial charge >= 0.3 is 11.9 Å². The zero-order valence-electron chi connectivity index (χ0n) is 73.7. The highest BCUT2D eigenvalue weighted by Crippen LogP contribution is 2.56. The molecule has 11 heterocycles. The maximum absolute atomic E-state index is 15.9. The summed E-state index contributed by atoms with van der Waals surface area (Å²) in [6, 6.07) is -11.1. The molecule has 4 aromatic heterocycles. The van der Waals surface area contributed by atoms with Crippen molar-refractivity contribution in [2.24, 2.45) is 9.98 Å². The van der Waals surface area contributed by atoms with E-state index in [9.17, 15) is 69.6 Å². The number of cyclic esters (lactones) is 1. The third kappa shape index (κ3) is 21.4. The molecular weight excluding hydrogens is 1840 g/mol. The number of hydrogen-bond donors (Lipinski definition) is 19. The molecule has 19 N–H and O–H groups in total. The van der Waals surface area contributed by atoms with E-state index in [1.54, 1.807) is 20.1 Å². The number of hydrogen-bond acceptors (Lipinski definition) is 39. The Bertz CT molecular complexity index is 5470. The van der Waals surface area contributed by atoms with Crippen LogP contribution in [0.4, 0.5) is 0 Å². The van der Waals surface area contributed by atoms with Crippen LogP contribution in [0.2, 0.25) is 0 Å². The maximum atomic E-state index is 15.9. The van der Waals surface area contributed by atoms with Gasteiger partial charge in [-0.05, 0) is 92.5 Å². The first-order chi connectivity index (χ1) is 62.8. The van der Waals surface area contributed by atoms with Crippen molar-refractivity contribution in [3.63, 3.8) is 0 Å². The van der Waals surface area contributed by atoms with Crippen molar-refractivity contribution in [2.75, 3.05) is 25.7 Å². The SMILES string of the molecule is C=C1NC(=O)C(=C)NC(=O)C(C(C)O[C@H]2C[C@@H](O[C@H]3C[C@@H](O)[C@H](O)[C@@H](C)O3)[C@H](O)[C@@H](C)O2)NC2C=Cc3c(C(C)O)cc(nc3C2O)C(=O)OC(C)C2NC(=O)c3csc(n3)C(C(C)(O)CC)NC(=O)C3CSC(=N3)/C(=C/C)NC(=O)C(C(C)O)NC(=O)c3csc(n3)C3(CCC4C(SC)=NC(CO)(C(=O)NC(=C)C(=O)NC(=C)C(=O)OC)N4C3c3csc2n3)NC(=O)C(=C)NC1=O. The van der Waals surface area contributed by atoms with Gasteiger partial charge in [-0.25, -0.2) is 39.4 Å². The van der Waals surface area contributed by atoms with E-state index in [2.05, 4.69) is 106 Å². The minimum Gasteiger partial charge on any atom is -0.464 e. The van der Waals surface area contributed by atoms with E-state index in [0.717, 1.165) is 53.3 Å². The zero-order chi connectivity index (χ0) is 97.2. The van der Waals surface area contributed by atoms with Crippen LogP contribution in [0.25, 0.3) is 6.08 Å². The Morgan fingerprint density at radius 1 is 0.767 bits per heavy atom. The summed E-state index contributed by atoms with van der Waals surface area (Å²) in [6.07, 6.45) is -12.6. The van der Waals surface area contributed by atoms with Gasteiger partial charge in [-0.15, -0.1) is 57.5 Å².